The van der Waals surface area contributed by atoms with Gasteiger partial charge >= 0.3 is 0 Å². The van der Waals surface area contributed by atoms with E-state index < -0.39 is 16.1 Å². The molecule has 0 aliphatic carbocycles. The van der Waals surface area contributed by atoms with Gasteiger partial charge in [0.15, 0.2) is 0 Å². The van der Waals surface area contributed by atoms with Gasteiger partial charge < -0.3 is 14.7 Å². The lowest BCUT2D eigenvalue weighted by Crippen LogP contribution is -2.47. The molecule has 12 heteroatoms. The monoisotopic (exact) mass is 485 g/mol. The van der Waals surface area contributed by atoms with Crippen molar-refractivity contribution in [1.82, 2.24) is 24.2 Å². The largest absolute Gasteiger partial charge is 0.394 e. The van der Waals surface area contributed by atoms with E-state index in [9.17, 15) is 18.3 Å². The third kappa shape index (κ3) is 5.73. The Morgan fingerprint density at radius 3 is 2.91 bits per heavy atom. The second kappa shape index (κ2) is 10.8. The summed E-state index contributed by atoms with van der Waals surface area (Å²) in [6.07, 6.45) is 2.07. The molecule has 0 fully saturated rings. The molecular weight excluding hydrogens is 454 g/mol. The summed E-state index contributed by atoms with van der Waals surface area (Å²) in [5, 5.41) is 19.4. The van der Waals surface area contributed by atoms with Gasteiger partial charge in [0.1, 0.15) is 4.21 Å². The van der Waals surface area contributed by atoms with Crippen LogP contribution in [0.2, 0.25) is 0 Å². The first-order valence-corrected chi connectivity index (χ1v) is 12.9. The van der Waals surface area contributed by atoms with Crippen LogP contribution in [-0.2, 0) is 32.7 Å². The number of sulfonamides is 1. The molecule has 1 N–H and O–H groups in total. The smallest absolute Gasteiger partial charge is 0.252 e. The predicted octanol–water partition coefficient (Wildman–Crippen LogP) is 1.18. The third-order valence-electron chi connectivity index (χ3n) is 5.74. The molecule has 1 aliphatic heterocycles. The number of thiophene rings is 1. The van der Waals surface area contributed by atoms with E-state index in [-0.39, 0.29) is 41.8 Å². The van der Waals surface area contributed by atoms with Crippen molar-refractivity contribution in [2.45, 2.75) is 56.2 Å². The van der Waals surface area contributed by atoms with Gasteiger partial charge in [-0.15, -0.1) is 16.4 Å². The molecule has 178 valence electrons. The Labute approximate surface area is 192 Å². The molecule has 0 spiro atoms. The summed E-state index contributed by atoms with van der Waals surface area (Å²) >= 11 is 1.17. The minimum absolute atomic E-state index is 0.0565. The fourth-order valence-corrected chi connectivity index (χ4v) is 6.05. The van der Waals surface area contributed by atoms with E-state index in [2.05, 4.69) is 10.3 Å². The van der Waals surface area contributed by atoms with Gasteiger partial charge in [-0.1, -0.05) is 18.2 Å². The SMILES string of the molecule is C[C@H](CO)N1C[C@H](C)[C@H](CN(C)S(=O)(=O)c2cccs2)OCc2cnnn2CCCC1=O. The summed E-state index contributed by atoms with van der Waals surface area (Å²) in [6.45, 7) is 4.83. The maximum absolute atomic E-state index is 12.9. The Bertz CT molecular complexity index is 978. The number of aliphatic hydroxyl groups excluding tert-OH is 1. The first kappa shape index (κ1) is 24.8. The fraction of sp³-hybridized carbons (Fsp3) is 0.650. The Morgan fingerprint density at radius 1 is 1.44 bits per heavy atom. The quantitative estimate of drug-likeness (QED) is 0.653. The summed E-state index contributed by atoms with van der Waals surface area (Å²) in [5.41, 5.74) is 0.777. The number of carbonyl (C=O) groups is 1. The first-order chi connectivity index (χ1) is 15.2. The maximum atomic E-state index is 12.9. The van der Waals surface area contributed by atoms with Crippen LogP contribution in [0.1, 0.15) is 32.4 Å². The highest BCUT2D eigenvalue weighted by molar-refractivity contribution is 7.91. The molecule has 0 unspecified atom stereocenters. The zero-order valence-electron chi connectivity index (χ0n) is 18.6. The van der Waals surface area contributed by atoms with Crippen molar-refractivity contribution in [2.24, 2.45) is 5.92 Å². The van der Waals surface area contributed by atoms with Crippen LogP contribution in [0.5, 0.6) is 0 Å². The molecule has 32 heavy (non-hydrogen) atoms. The van der Waals surface area contributed by atoms with E-state index in [1.54, 1.807) is 40.2 Å². The van der Waals surface area contributed by atoms with Gasteiger partial charge in [0.2, 0.25) is 5.91 Å². The van der Waals surface area contributed by atoms with E-state index >= 15 is 0 Å². The fourth-order valence-electron chi connectivity index (χ4n) is 3.66. The lowest BCUT2D eigenvalue weighted by Gasteiger charge is -2.35. The van der Waals surface area contributed by atoms with Gasteiger partial charge in [-0.05, 0) is 24.8 Å². The molecule has 10 nitrogen and oxygen atoms in total. The second-order valence-corrected chi connectivity index (χ2v) is 11.4. The van der Waals surface area contributed by atoms with Crippen molar-refractivity contribution < 1.29 is 23.1 Å². The molecule has 3 rings (SSSR count). The van der Waals surface area contributed by atoms with Gasteiger partial charge in [0.25, 0.3) is 10.0 Å². The van der Waals surface area contributed by atoms with Crippen molar-refractivity contribution in [1.29, 1.82) is 0 Å². The number of aliphatic hydroxyl groups is 1. The van der Waals surface area contributed by atoms with Crippen LogP contribution in [-0.4, -0.2) is 82.5 Å². The van der Waals surface area contributed by atoms with Gasteiger partial charge in [-0.25, -0.2) is 13.1 Å². The van der Waals surface area contributed by atoms with Crippen molar-refractivity contribution >= 4 is 27.3 Å². The average molecular weight is 486 g/mol. The zero-order valence-corrected chi connectivity index (χ0v) is 20.3. The van der Waals surface area contributed by atoms with Gasteiger partial charge in [-0.2, -0.15) is 4.31 Å². The first-order valence-electron chi connectivity index (χ1n) is 10.6. The van der Waals surface area contributed by atoms with Crippen LogP contribution in [0.25, 0.3) is 0 Å². The van der Waals surface area contributed by atoms with E-state index in [1.807, 2.05) is 6.92 Å². The highest BCUT2D eigenvalue weighted by atomic mass is 32.2. The lowest BCUT2D eigenvalue weighted by atomic mass is 10.0. The second-order valence-electron chi connectivity index (χ2n) is 8.17. The van der Waals surface area contributed by atoms with Crippen molar-refractivity contribution in [3.8, 4) is 0 Å². The molecule has 0 aromatic carbocycles. The van der Waals surface area contributed by atoms with Crippen molar-refractivity contribution in [3.63, 3.8) is 0 Å². The summed E-state index contributed by atoms with van der Waals surface area (Å²) in [6, 6.07) is 2.94. The molecule has 0 saturated heterocycles. The van der Waals surface area contributed by atoms with Crippen molar-refractivity contribution in [3.05, 3.63) is 29.4 Å². The maximum Gasteiger partial charge on any atom is 0.252 e. The van der Waals surface area contributed by atoms with E-state index in [4.69, 9.17) is 4.74 Å². The van der Waals surface area contributed by atoms with E-state index in [1.165, 1.54) is 22.7 Å². The third-order valence-corrected chi connectivity index (χ3v) is 8.93. The van der Waals surface area contributed by atoms with Crippen LogP contribution in [0.15, 0.2) is 27.9 Å². The van der Waals surface area contributed by atoms with E-state index in [0.29, 0.717) is 25.9 Å². The molecule has 0 bridgehead atoms. The highest BCUT2D eigenvalue weighted by Gasteiger charge is 2.31. The van der Waals surface area contributed by atoms with Gasteiger partial charge in [-0.3, -0.25) is 4.79 Å². The lowest BCUT2D eigenvalue weighted by molar-refractivity contribution is -0.136. The minimum Gasteiger partial charge on any atom is -0.394 e. The number of ether oxygens (including phenoxy) is 1. The summed E-state index contributed by atoms with van der Waals surface area (Å²) in [5.74, 6) is -0.239. The number of hydrogen-bond acceptors (Lipinski definition) is 8. The number of hydrogen-bond donors (Lipinski definition) is 1. The molecule has 2 aromatic rings. The topological polar surface area (TPSA) is 118 Å². The summed E-state index contributed by atoms with van der Waals surface area (Å²) in [4.78, 5) is 14.6. The van der Waals surface area contributed by atoms with E-state index in [0.717, 1.165) is 5.69 Å². The number of rotatable bonds is 6. The molecule has 1 amide bonds. The molecule has 0 radical (unpaired) electrons. The van der Waals surface area contributed by atoms with Gasteiger partial charge in [0, 0.05) is 39.0 Å². The number of aromatic nitrogens is 3. The minimum atomic E-state index is -3.64. The standard InChI is InChI=1S/C20H31N5O5S2/c1-15-11-24(16(2)13-26)19(27)6-4-8-25-17(10-21-22-25)14-30-18(15)12-23(3)32(28,29)20-7-5-9-31-20/h5,7,9-10,15-16,18,26H,4,6,8,11-14H2,1-3H3/t15-,16+,18-/m0/s1. The number of carbonyl (C=O) groups excluding carboxylic acids is 1. The predicted molar refractivity (Wildman–Crippen MR) is 119 cm³/mol. The zero-order chi connectivity index (χ0) is 23.3. The van der Waals surface area contributed by atoms with Gasteiger partial charge in [0.05, 0.1) is 37.3 Å². The Hall–Kier alpha value is -1.86. The number of nitrogens with zero attached hydrogens (tertiary/aromatic N) is 5. The van der Waals surface area contributed by atoms with Crippen molar-refractivity contribution in [2.75, 3.05) is 26.7 Å². The van der Waals surface area contributed by atoms with Crippen LogP contribution in [0.4, 0.5) is 0 Å². The van der Waals surface area contributed by atoms with Crippen LogP contribution in [0, 0.1) is 5.92 Å². The summed E-state index contributed by atoms with van der Waals surface area (Å²) < 4.78 is 35.3. The highest BCUT2D eigenvalue weighted by Crippen LogP contribution is 2.23. The number of aryl methyl sites for hydroxylation is 1. The molecular formula is C20H31N5O5S2. The molecule has 1 aliphatic rings. The van der Waals surface area contributed by atoms with Crippen LogP contribution >= 0.6 is 11.3 Å². The molecule has 3 heterocycles. The molecule has 3 atom stereocenters. The Morgan fingerprint density at radius 2 is 2.22 bits per heavy atom. The normalized spacial score (nSPS) is 22.3. The molecule has 2 aromatic heterocycles. The Kier molecular flexibility index (Phi) is 8.39. The number of amides is 1. The summed E-state index contributed by atoms with van der Waals surface area (Å²) in [7, 11) is -2.11. The van der Waals surface area contributed by atoms with Crippen LogP contribution in [0.3, 0.4) is 0 Å². The molecule has 0 saturated carbocycles. The Balaban J connectivity index is 1.86. The number of likely N-dealkylation sites (N-methyl/N-ethyl adjacent to an activating group) is 1. The average Bonchev–Trinajstić information content (AvgIpc) is 3.45. The van der Waals surface area contributed by atoms with Crippen LogP contribution < -0.4 is 0 Å². The number of fused-ring (bicyclic) bond motifs is 1.